The first-order valence-electron chi connectivity index (χ1n) is 6.70. The standard InChI is InChI=1S/C15H15ClN4S/c1-3-17-15-19-13(10-7-8-21-14(10)20-15)18-12-9(2)5-4-6-11(12)16/h4-8H,3H2,1-2H3,(H2,17,18,19,20). The average molecular weight is 319 g/mol. The highest BCUT2D eigenvalue weighted by Crippen LogP contribution is 2.33. The number of halogens is 1. The molecule has 6 heteroatoms. The minimum atomic E-state index is 0.625. The molecule has 0 saturated heterocycles. The second-order valence-corrected chi connectivity index (χ2v) is 5.92. The Morgan fingerprint density at radius 1 is 1.24 bits per heavy atom. The summed E-state index contributed by atoms with van der Waals surface area (Å²) >= 11 is 7.88. The zero-order valence-corrected chi connectivity index (χ0v) is 13.3. The molecule has 21 heavy (non-hydrogen) atoms. The van der Waals surface area contributed by atoms with Crippen molar-refractivity contribution < 1.29 is 0 Å². The lowest BCUT2D eigenvalue weighted by atomic mass is 10.2. The Morgan fingerprint density at radius 2 is 2.10 bits per heavy atom. The van der Waals surface area contributed by atoms with E-state index in [0.717, 1.165) is 33.8 Å². The number of hydrogen-bond donors (Lipinski definition) is 2. The van der Waals surface area contributed by atoms with Gasteiger partial charge in [-0.2, -0.15) is 4.98 Å². The van der Waals surface area contributed by atoms with Gasteiger partial charge in [-0.25, -0.2) is 4.98 Å². The summed E-state index contributed by atoms with van der Waals surface area (Å²) in [5.41, 5.74) is 1.96. The number of anilines is 3. The number of aromatic nitrogens is 2. The molecule has 0 bridgehead atoms. The minimum Gasteiger partial charge on any atom is -0.354 e. The number of para-hydroxylation sites is 1. The Bertz CT molecular complexity index is 764. The molecule has 1 aromatic carbocycles. The molecule has 0 amide bonds. The van der Waals surface area contributed by atoms with Crippen molar-refractivity contribution in [2.45, 2.75) is 13.8 Å². The first-order chi connectivity index (χ1) is 10.2. The SMILES string of the molecule is CCNc1nc(Nc2c(C)cccc2Cl)c2ccsc2n1. The fourth-order valence-corrected chi connectivity index (χ4v) is 3.13. The normalized spacial score (nSPS) is 10.8. The fraction of sp³-hybridized carbons (Fsp3) is 0.200. The largest absolute Gasteiger partial charge is 0.354 e. The lowest BCUT2D eigenvalue weighted by Gasteiger charge is -2.12. The molecule has 3 aromatic rings. The topological polar surface area (TPSA) is 49.8 Å². The van der Waals surface area contributed by atoms with E-state index in [2.05, 4.69) is 20.6 Å². The molecule has 0 spiro atoms. The molecule has 0 unspecified atom stereocenters. The van der Waals surface area contributed by atoms with E-state index in [4.69, 9.17) is 11.6 Å². The predicted octanol–water partition coefficient (Wildman–Crippen LogP) is 4.83. The quantitative estimate of drug-likeness (QED) is 0.723. The van der Waals surface area contributed by atoms with Crippen LogP contribution in [-0.2, 0) is 0 Å². The van der Waals surface area contributed by atoms with Crippen LogP contribution in [0.5, 0.6) is 0 Å². The van der Waals surface area contributed by atoms with Crippen molar-refractivity contribution in [3.05, 3.63) is 40.2 Å². The average Bonchev–Trinajstić information content (AvgIpc) is 2.92. The van der Waals surface area contributed by atoms with Crippen LogP contribution >= 0.6 is 22.9 Å². The molecule has 108 valence electrons. The lowest BCUT2D eigenvalue weighted by molar-refractivity contribution is 1.11. The zero-order chi connectivity index (χ0) is 14.8. The highest BCUT2D eigenvalue weighted by molar-refractivity contribution is 7.16. The summed E-state index contributed by atoms with van der Waals surface area (Å²) in [5.74, 6) is 1.40. The van der Waals surface area contributed by atoms with Crippen molar-refractivity contribution in [2.75, 3.05) is 17.2 Å². The molecule has 2 N–H and O–H groups in total. The van der Waals surface area contributed by atoms with Gasteiger partial charge >= 0.3 is 0 Å². The maximum atomic E-state index is 6.29. The van der Waals surface area contributed by atoms with Crippen molar-refractivity contribution in [1.29, 1.82) is 0 Å². The molecule has 3 rings (SSSR count). The van der Waals surface area contributed by atoms with E-state index in [1.165, 1.54) is 0 Å². The van der Waals surface area contributed by atoms with Crippen LogP contribution < -0.4 is 10.6 Å². The van der Waals surface area contributed by atoms with E-state index >= 15 is 0 Å². The Morgan fingerprint density at radius 3 is 2.86 bits per heavy atom. The summed E-state index contributed by atoms with van der Waals surface area (Å²) < 4.78 is 0. The van der Waals surface area contributed by atoms with Gasteiger partial charge in [-0.15, -0.1) is 11.3 Å². The number of nitrogens with zero attached hydrogens (tertiary/aromatic N) is 2. The smallest absolute Gasteiger partial charge is 0.226 e. The number of benzene rings is 1. The summed E-state index contributed by atoms with van der Waals surface area (Å²) in [7, 11) is 0. The summed E-state index contributed by atoms with van der Waals surface area (Å²) in [5, 5.41) is 10.2. The van der Waals surface area contributed by atoms with Crippen molar-refractivity contribution in [2.24, 2.45) is 0 Å². The van der Waals surface area contributed by atoms with Gasteiger partial charge in [0.15, 0.2) is 0 Å². The molecule has 2 aromatic heterocycles. The van der Waals surface area contributed by atoms with Crippen LogP contribution in [0.3, 0.4) is 0 Å². The molecule has 0 radical (unpaired) electrons. The van der Waals surface area contributed by atoms with E-state index in [-0.39, 0.29) is 0 Å². The van der Waals surface area contributed by atoms with Gasteiger partial charge in [-0.1, -0.05) is 23.7 Å². The third-order valence-corrected chi connectivity index (χ3v) is 4.25. The second kappa shape index (κ2) is 5.87. The van der Waals surface area contributed by atoms with Crippen LogP contribution in [0.15, 0.2) is 29.6 Å². The van der Waals surface area contributed by atoms with Gasteiger partial charge in [0.25, 0.3) is 0 Å². The van der Waals surface area contributed by atoms with Crippen LogP contribution in [0.1, 0.15) is 12.5 Å². The van der Waals surface area contributed by atoms with Crippen molar-refractivity contribution >= 4 is 50.6 Å². The molecular weight excluding hydrogens is 304 g/mol. The van der Waals surface area contributed by atoms with Crippen LogP contribution in [0.4, 0.5) is 17.5 Å². The number of aryl methyl sites for hydroxylation is 1. The third kappa shape index (κ3) is 2.80. The van der Waals surface area contributed by atoms with Gasteiger partial charge in [0, 0.05) is 6.54 Å². The summed E-state index contributed by atoms with van der Waals surface area (Å²) in [6, 6.07) is 7.84. The minimum absolute atomic E-state index is 0.625. The summed E-state index contributed by atoms with van der Waals surface area (Å²) in [4.78, 5) is 10.0. The van der Waals surface area contributed by atoms with Crippen molar-refractivity contribution in [3.8, 4) is 0 Å². The van der Waals surface area contributed by atoms with Gasteiger partial charge in [0.05, 0.1) is 16.1 Å². The highest BCUT2D eigenvalue weighted by atomic mass is 35.5. The Kier molecular flexibility index (Phi) is 3.94. The molecule has 0 aliphatic carbocycles. The number of hydrogen-bond acceptors (Lipinski definition) is 5. The van der Waals surface area contributed by atoms with E-state index in [0.29, 0.717) is 11.0 Å². The highest BCUT2D eigenvalue weighted by Gasteiger charge is 2.11. The lowest BCUT2D eigenvalue weighted by Crippen LogP contribution is -2.05. The van der Waals surface area contributed by atoms with E-state index < -0.39 is 0 Å². The van der Waals surface area contributed by atoms with Gasteiger partial charge < -0.3 is 10.6 Å². The summed E-state index contributed by atoms with van der Waals surface area (Å²) in [6.07, 6.45) is 0. The Balaban J connectivity index is 2.09. The molecule has 0 saturated carbocycles. The Hall–Kier alpha value is -1.85. The van der Waals surface area contributed by atoms with Crippen LogP contribution in [0, 0.1) is 6.92 Å². The molecule has 0 fully saturated rings. The monoisotopic (exact) mass is 318 g/mol. The second-order valence-electron chi connectivity index (χ2n) is 4.62. The Labute approximate surface area is 132 Å². The molecule has 0 aliphatic rings. The van der Waals surface area contributed by atoms with Gasteiger partial charge in [0.2, 0.25) is 5.95 Å². The van der Waals surface area contributed by atoms with Gasteiger partial charge in [-0.3, -0.25) is 0 Å². The number of rotatable bonds is 4. The van der Waals surface area contributed by atoms with Crippen LogP contribution in [0.25, 0.3) is 10.2 Å². The summed E-state index contributed by atoms with van der Waals surface area (Å²) in [6.45, 7) is 4.82. The first-order valence-corrected chi connectivity index (χ1v) is 7.96. The third-order valence-electron chi connectivity index (χ3n) is 3.13. The van der Waals surface area contributed by atoms with Crippen molar-refractivity contribution in [1.82, 2.24) is 9.97 Å². The molecule has 4 nitrogen and oxygen atoms in total. The number of thiophene rings is 1. The van der Waals surface area contributed by atoms with Crippen LogP contribution in [-0.4, -0.2) is 16.5 Å². The van der Waals surface area contributed by atoms with Gasteiger partial charge in [0.1, 0.15) is 10.6 Å². The molecule has 0 aliphatic heterocycles. The molecular formula is C15H15ClN4S. The fourth-order valence-electron chi connectivity index (χ4n) is 2.10. The maximum Gasteiger partial charge on any atom is 0.226 e. The van der Waals surface area contributed by atoms with E-state index in [1.54, 1.807) is 11.3 Å². The van der Waals surface area contributed by atoms with Gasteiger partial charge in [-0.05, 0) is 36.9 Å². The van der Waals surface area contributed by atoms with Crippen LogP contribution in [0.2, 0.25) is 5.02 Å². The predicted molar refractivity (Wildman–Crippen MR) is 91.1 cm³/mol. The van der Waals surface area contributed by atoms with E-state index in [1.807, 2.05) is 43.5 Å². The molecule has 0 atom stereocenters. The maximum absolute atomic E-state index is 6.29. The molecule has 2 heterocycles. The van der Waals surface area contributed by atoms with E-state index in [9.17, 15) is 0 Å². The van der Waals surface area contributed by atoms with Crippen molar-refractivity contribution in [3.63, 3.8) is 0 Å². The first kappa shape index (κ1) is 14.1. The number of nitrogens with one attached hydrogen (secondary N) is 2. The number of fused-ring (bicyclic) bond motifs is 1. The zero-order valence-electron chi connectivity index (χ0n) is 11.8.